The molecule has 2 rings (SSSR count). The van der Waals surface area contributed by atoms with Gasteiger partial charge in [0.2, 0.25) is 0 Å². The lowest BCUT2D eigenvalue weighted by Gasteiger charge is -2.15. The Kier molecular flexibility index (Phi) is 6.76. The van der Waals surface area contributed by atoms with Crippen LogP contribution in [-0.4, -0.2) is 19.2 Å². The highest BCUT2D eigenvalue weighted by molar-refractivity contribution is 6.32. The number of para-hydroxylation sites is 1. The quantitative estimate of drug-likeness (QED) is 0.748. The van der Waals surface area contributed by atoms with Gasteiger partial charge in [0, 0.05) is 6.54 Å². The van der Waals surface area contributed by atoms with Crippen LogP contribution in [-0.2, 0) is 0 Å². The molecular formula is C18H21ClN2O2. The zero-order valence-corrected chi connectivity index (χ0v) is 13.8. The van der Waals surface area contributed by atoms with E-state index in [1.807, 2.05) is 55.5 Å². The van der Waals surface area contributed by atoms with E-state index in [0.717, 1.165) is 5.56 Å². The van der Waals surface area contributed by atoms with E-state index >= 15 is 0 Å². The van der Waals surface area contributed by atoms with Crippen molar-refractivity contribution in [3.8, 4) is 5.75 Å². The molecule has 23 heavy (non-hydrogen) atoms. The Morgan fingerprint density at radius 1 is 1.13 bits per heavy atom. The van der Waals surface area contributed by atoms with E-state index in [0.29, 0.717) is 30.3 Å². The van der Waals surface area contributed by atoms with E-state index in [1.54, 1.807) is 6.07 Å². The van der Waals surface area contributed by atoms with Gasteiger partial charge in [-0.05, 0) is 31.0 Å². The Morgan fingerprint density at radius 3 is 2.57 bits per heavy atom. The molecule has 0 aliphatic carbocycles. The maximum absolute atomic E-state index is 11.8. The third-order valence-electron chi connectivity index (χ3n) is 3.35. The summed E-state index contributed by atoms with van der Waals surface area (Å²) >= 11 is 6.00. The second-order valence-corrected chi connectivity index (χ2v) is 5.57. The lowest BCUT2D eigenvalue weighted by molar-refractivity contribution is 0.236. The van der Waals surface area contributed by atoms with Gasteiger partial charge in [-0.1, -0.05) is 54.1 Å². The first-order chi connectivity index (χ1) is 11.2. The van der Waals surface area contributed by atoms with E-state index in [1.165, 1.54) is 0 Å². The Hall–Kier alpha value is -2.20. The van der Waals surface area contributed by atoms with Gasteiger partial charge in [0.1, 0.15) is 5.75 Å². The molecule has 2 N–H and O–H groups in total. The summed E-state index contributed by atoms with van der Waals surface area (Å²) in [6, 6.07) is 17.0. The first kappa shape index (κ1) is 17.2. The predicted octanol–water partition coefficient (Wildman–Crippen LogP) is 4.17. The van der Waals surface area contributed by atoms with Crippen molar-refractivity contribution < 1.29 is 9.53 Å². The normalized spacial score (nSPS) is 11.6. The number of amides is 2. The van der Waals surface area contributed by atoms with Crippen LogP contribution in [0.5, 0.6) is 5.75 Å². The molecule has 0 radical (unpaired) electrons. The molecule has 0 saturated carbocycles. The van der Waals surface area contributed by atoms with Crippen molar-refractivity contribution in [1.82, 2.24) is 10.6 Å². The number of rotatable bonds is 7. The number of hydrogen-bond acceptors (Lipinski definition) is 2. The summed E-state index contributed by atoms with van der Waals surface area (Å²) < 4.78 is 5.57. The highest BCUT2D eigenvalue weighted by Gasteiger charge is 2.08. The molecule has 0 saturated heterocycles. The summed E-state index contributed by atoms with van der Waals surface area (Å²) in [5.74, 6) is 0.663. The fourth-order valence-corrected chi connectivity index (χ4v) is 2.28. The van der Waals surface area contributed by atoms with Crippen molar-refractivity contribution in [3.63, 3.8) is 0 Å². The van der Waals surface area contributed by atoms with Crippen LogP contribution in [0.2, 0.25) is 5.02 Å². The van der Waals surface area contributed by atoms with Crippen molar-refractivity contribution >= 4 is 17.6 Å². The zero-order valence-electron chi connectivity index (χ0n) is 13.1. The second kappa shape index (κ2) is 9.06. The number of nitrogens with one attached hydrogen (secondary N) is 2. The molecule has 0 aliphatic rings. The summed E-state index contributed by atoms with van der Waals surface area (Å²) in [4.78, 5) is 11.8. The van der Waals surface area contributed by atoms with Crippen LogP contribution in [0, 0.1) is 0 Å². The van der Waals surface area contributed by atoms with Crippen molar-refractivity contribution in [1.29, 1.82) is 0 Å². The SMILES string of the molecule is CC(NC(=O)NCCCOc1ccccc1Cl)c1ccccc1. The van der Waals surface area contributed by atoms with Gasteiger partial charge in [-0.3, -0.25) is 0 Å². The van der Waals surface area contributed by atoms with Crippen molar-refractivity contribution in [2.24, 2.45) is 0 Å². The number of carbonyl (C=O) groups excluding carboxylic acids is 1. The predicted molar refractivity (Wildman–Crippen MR) is 93.0 cm³/mol. The summed E-state index contributed by atoms with van der Waals surface area (Å²) in [5.41, 5.74) is 1.07. The standard InChI is InChI=1S/C18H21ClN2O2/c1-14(15-8-3-2-4-9-15)21-18(22)20-12-7-13-23-17-11-6-5-10-16(17)19/h2-6,8-11,14H,7,12-13H2,1H3,(H2,20,21,22). The van der Waals surface area contributed by atoms with Crippen LogP contribution >= 0.6 is 11.6 Å². The average molecular weight is 333 g/mol. The third-order valence-corrected chi connectivity index (χ3v) is 3.66. The topological polar surface area (TPSA) is 50.4 Å². The molecule has 0 aliphatic heterocycles. The second-order valence-electron chi connectivity index (χ2n) is 5.17. The molecule has 0 spiro atoms. The van der Waals surface area contributed by atoms with E-state index in [-0.39, 0.29) is 12.1 Å². The van der Waals surface area contributed by atoms with Crippen LogP contribution in [0.25, 0.3) is 0 Å². The average Bonchev–Trinajstić information content (AvgIpc) is 2.57. The molecule has 2 amide bonds. The fourth-order valence-electron chi connectivity index (χ4n) is 2.09. The van der Waals surface area contributed by atoms with Gasteiger partial charge < -0.3 is 15.4 Å². The largest absolute Gasteiger partial charge is 0.492 e. The lowest BCUT2D eigenvalue weighted by atomic mass is 10.1. The van der Waals surface area contributed by atoms with Crippen LogP contribution in [0.3, 0.4) is 0 Å². The number of ether oxygens (including phenoxy) is 1. The minimum atomic E-state index is -0.181. The van der Waals surface area contributed by atoms with E-state index in [4.69, 9.17) is 16.3 Å². The molecular weight excluding hydrogens is 312 g/mol. The molecule has 0 fully saturated rings. The van der Waals surface area contributed by atoms with Crippen molar-refractivity contribution in [2.75, 3.05) is 13.2 Å². The molecule has 4 nitrogen and oxygen atoms in total. The Bertz CT molecular complexity index is 619. The highest BCUT2D eigenvalue weighted by Crippen LogP contribution is 2.22. The van der Waals surface area contributed by atoms with Gasteiger partial charge in [0.15, 0.2) is 0 Å². The van der Waals surface area contributed by atoms with Gasteiger partial charge in [0.05, 0.1) is 17.7 Å². The number of halogens is 1. The van der Waals surface area contributed by atoms with Gasteiger partial charge in [0.25, 0.3) is 0 Å². The summed E-state index contributed by atoms with van der Waals surface area (Å²) in [7, 11) is 0. The van der Waals surface area contributed by atoms with Crippen LogP contribution < -0.4 is 15.4 Å². The smallest absolute Gasteiger partial charge is 0.315 e. The molecule has 2 aromatic carbocycles. The molecule has 122 valence electrons. The zero-order chi connectivity index (χ0) is 16.5. The van der Waals surface area contributed by atoms with Crippen LogP contribution in [0.15, 0.2) is 54.6 Å². The van der Waals surface area contributed by atoms with Crippen LogP contribution in [0.1, 0.15) is 24.9 Å². The summed E-state index contributed by atoms with van der Waals surface area (Å²) in [5, 5.41) is 6.32. The number of benzene rings is 2. The lowest BCUT2D eigenvalue weighted by Crippen LogP contribution is -2.37. The van der Waals surface area contributed by atoms with Crippen molar-refractivity contribution in [3.05, 3.63) is 65.2 Å². The Balaban J connectivity index is 1.63. The molecule has 1 unspecified atom stereocenters. The van der Waals surface area contributed by atoms with Gasteiger partial charge >= 0.3 is 6.03 Å². The molecule has 0 heterocycles. The molecule has 0 aromatic heterocycles. The number of urea groups is 1. The van der Waals surface area contributed by atoms with E-state index < -0.39 is 0 Å². The maximum Gasteiger partial charge on any atom is 0.315 e. The Labute approximate surface area is 141 Å². The number of hydrogen-bond donors (Lipinski definition) is 2. The minimum absolute atomic E-state index is 0.0319. The minimum Gasteiger partial charge on any atom is -0.492 e. The van der Waals surface area contributed by atoms with Gasteiger partial charge in [-0.25, -0.2) is 4.79 Å². The molecule has 2 aromatic rings. The monoisotopic (exact) mass is 332 g/mol. The third kappa shape index (κ3) is 5.83. The van der Waals surface area contributed by atoms with Crippen molar-refractivity contribution in [2.45, 2.75) is 19.4 Å². The van der Waals surface area contributed by atoms with E-state index in [2.05, 4.69) is 10.6 Å². The first-order valence-corrected chi connectivity index (χ1v) is 8.01. The first-order valence-electron chi connectivity index (χ1n) is 7.63. The maximum atomic E-state index is 11.8. The molecule has 1 atom stereocenters. The summed E-state index contributed by atoms with van der Waals surface area (Å²) in [6.07, 6.45) is 0.707. The van der Waals surface area contributed by atoms with Gasteiger partial charge in [-0.15, -0.1) is 0 Å². The Morgan fingerprint density at radius 2 is 1.83 bits per heavy atom. The summed E-state index contributed by atoms with van der Waals surface area (Å²) in [6.45, 7) is 2.99. The van der Waals surface area contributed by atoms with E-state index in [9.17, 15) is 4.79 Å². The van der Waals surface area contributed by atoms with Crippen LogP contribution in [0.4, 0.5) is 4.79 Å². The fraction of sp³-hybridized carbons (Fsp3) is 0.278. The number of carbonyl (C=O) groups is 1. The molecule has 0 bridgehead atoms. The highest BCUT2D eigenvalue weighted by atomic mass is 35.5. The molecule has 5 heteroatoms. The van der Waals surface area contributed by atoms with Gasteiger partial charge in [-0.2, -0.15) is 0 Å².